The van der Waals surface area contributed by atoms with E-state index in [-0.39, 0.29) is 0 Å². The third-order valence-electron chi connectivity index (χ3n) is 4.36. The van der Waals surface area contributed by atoms with E-state index >= 15 is 0 Å². The van der Waals surface area contributed by atoms with Crippen molar-refractivity contribution < 1.29 is 4.42 Å². The zero-order valence-electron chi connectivity index (χ0n) is 13.9. The van der Waals surface area contributed by atoms with E-state index in [1.54, 1.807) is 24.9 Å². The second-order valence-electron chi connectivity index (χ2n) is 5.95. The van der Waals surface area contributed by atoms with E-state index in [0.29, 0.717) is 11.4 Å². The Morgan fingerprint density at radius 2 is 2.04 bits per heavy atom. The molecule has 0 spiro atoms. The van der Waals surface area contributed by atoms with Crippen molar-refractivity contribution in [2.24, 2.45) is 7.05 Å². The largest absolute Gasteiger partial charge is 0.461 e. The molecule has 3 aromatic heterocycles. The van der Waals surface area contributed by atoms with E-state index in [1.165, 1.54) is 0 Å². The summed E-state index contributed by atoms with van der Waals surface area (Å²) in [7, 11) is 1.91. The summed E-state index contributed by atoms with van der Waals surface area (Å²) in [6, 6.07) is 3.74. The van der Waals surface area contributed by atoms with Crippen molar-refractivity contribution in [3.05, 3.63) is 41.8 Å². The first-order valence-corrected chi connectivity index (χ1v) is 8.54. The maximum Gasteiger partial charge on any atom is 0.199 e. The molecule has 1 fully saturated rings. The first-order chi connectivity index (χ1) is 12.2. The Labute approximate surface area is 150 Å². The number of aromatic nitrogens is 5. The van der Waals surface area contributed by atoms with Gasteiger partial charge in [0, 0.05) is 45.6 Å². The third-order valence-corrected chi connectivity index (χ3v) is 4.85. The van der Waals surface area contributed by atoms with Gasteiger partial charge in [-0.2, -0.15) is 0 Å². The fraction of sp³-hybridized carbons (Fsp3) is 0.375. The number of hydrogen-bond donors (Lipinski definition) is 0. The van der Waals surface area contributed by atoms with E-state index in [0.717, 1.165) is 43.6 Å². The van der Waals surface area contributed by atoms with Gasteiger partial charge in [0.2, 0.25) is 0 Å². The maximum absolute atomic E-state index is 5.52. The summed E-state index contributed by atoms with van der Waals surface area (Å²) in [6.07, 6.45) is 6.87. The summed E-state index contributed by atoms with van der Waals surface area (Å²) >= 11 is 5.52. The van der Waals surface area contributed by atoms with Crippen LogP contribution in [0.3, 0.4) is 0 Å². The zero-order valence-corrected chi connectivity index (χ0v) is 14.8. The van der Waals surface area contributed by atoms with Crippen molar-refractivity contribution in [1.82, 2.24) is 29.2 Å². The Kier molecular flexibility index (Phi) is 4.33. The average molecular weight is 357 g/mol. The topological polar surface area (TPSA) is 68.2 Å². The minimum Gasteiger partial charge on any atom is -0.461 e. The Bertz CT molecular complexity index is 879. The van der Waals surface area contributed by atoms with Gasteiger partial charge in [0.1, 0.15) is 5.82 Å². The Hall–Kier alpha value is -2.52. The molecule has 0 atom stereocenters. The van der Waals surface area contributed by atoms with Crippen LogP contribution in [0.5, 0.6) is 0 Å². The van der Waals surface area contributed by atoms with Gasteiger partial charge in [-0.05, 0) is 24.4 Å². The number of piperazine rings is 1. The smallest absolute Gasteiger partial charge is 0.199 e. The quantitative estimate of drug-likeness (QED) is 0.659. The summed E-state index contributed by atoms with van der Waals surface area (Å²) < 4.78 is 9.86. The molecule has 1 saturated heterocycles. The fourth-order valence-electron chi connectivity index (χ4n) is 2.96. The predicted octanol–water partition coefficient (Wildman–Crippen LogP) is 1.78. The fourth-order valence-corrected chi connectivity index (χ4v) is 3.15. The minimum absolute atomic E-state index is 0.668. The molecule has 0 aromatic carbocycles. The molecule has 4 rings (SSSR count). The lowest BCUT2D eigenvalue weighted by molar-refractivity contribution is 0.194. The van der Waals surface area contributed by atoms with Crippen LogP contribution in [-0.2, 0) is 13.7 Å². The van der Waals surface area contributed by atoms with Gasteiger partial charge in [-0.1, -0.05) is 0 Å². The van der Waals surface area contributed by atoms with Crippen molar-refractivity contribution in [2.45, 2.75) is 6.67 Å². The Morgan fingerprint density at radius 1 is 1.20 bits per heavy atom. The van der Waals surface area contributed by atoms with Crippen LogP contribution in [0.15, 0.2) is 41.4 Å². The Morgan fingerprint density at radius 3 is 2.72 bits per heavy atom. The van der Waals surface area contributed by atoms with E-state index < -0.39 is 0 Å². The van der Waals surface area contributed by atoms with Gasteiger partial charge in [0.25, 0.3) is 0 Å². The molecule has 0 N–H and O–H groups in total. The molecular formula is C16H19N7OS. The molecule has 0 saturated carbocycles. The van der Waals surface area contributed by atoms with Crippen LogP contribution in [0.4, 0.5) is 5.82 Å². The molecule has 0 unspecified atom stereocenters. The summed E-state index contributed by atoms with van der Waals surface area (Å²) in [5.41, 5.74) is 0. The van der Waals surface area contributed by atoms with Crippen LogP contribution in [0.25, 0.3) is 11.6 Å². The van der Waals surface area contributed by atoms with Gasteiger partial charge >= 0.3 is 0 Å². The maximum atomic E-state index is 5.52. The lowest BCUT2D eigenvalue weighted by Gasteiger charge is -2.34. The second-order valence-corrected chi connectivity index (χ2v) is 6.32. The molecule has 0 aliphatic carbocycles. The highest BCUT2D eigenvalue weighted by atomic mass is 32.1. The molecule has 1 aliphatic rings. The SMILES string of the molecule is Cn1c(-c2ccco2)nn(CN2CCN(c3cnccn3)CC2)c1=S. The number of rotatable bonds is 4. The molecule has 9 heteroatoms. The third kappa shape index (κ3) is 3.20. The number of furan rings is 1. The normalized spacial score (nSPS) is 15.6. The molecule has 0 amide bonds. The summed E-state index contributed by atoms with van der Waals surface area (Å²) in [5, 5.41) is 4.63. The summed E-state index contributed by atoms with van der Waals surface area (Å²) in [6.45, 7) is 4.32. The second kappa shape index (κ2) is 6.77. The Balaban J connectivity index is 1.44. The monoisotopic (exact) mass is 357 g/mol. The van der Waals surface area contributed by atoms with Gasteiger partial charge in [0.05, 0.1) is 19.1 Å². The average Bonchev–Trinajstić information content (AvgIpc) is 3.27. The van der Waals surface area contributed by atoms with Gasteiger partial charge < -0.3 is 13.9 Å². The summed E-state index contributed by atoms with van der Waals surface area (Å²) in [5.74, 6) is 2.39. The number of nitrogens with zero attached hydrogens (tertiary/aromatic N) is 7. The minimum atomic E-state index is 0.668. The zero-order chi connectivity index (χ0) is 17.2. The van der Waals surface area contributed by atoms with Crippen LogP contribution in [0, 0.1) is 4.77 Å². The van der Waals surface area contributed by atoms with Crippen molar-refractivity contribution in [2.75, 3.05) is 31.1 Å². The molecule has 0 bridgehead atoms. The molecule has 25 heavy (non-hydrogen) atoms. The predicted molar refractivity (Wildman–Crippen MR) is 95.6 cm³/mol. The van der Waals surface area contributed by atoms with Gasteiger partial charge in [0.15, 0.2) is 16.4 Å². The molecule has 3 aromatic rings. The van der Waals surface area contributed by atoms with Crippen LogP contribution in [-0.4, -0.2) is 55.4 Å². The van der Waals surface area contributed by atoms with Crippen molar-refractivity contribution in [3.8, 4) is 11.6 Å². The standard InChI is InChI=1S/C16H19N7OS/c1-20-15(13-3-2-10-24-13)19-23(16(20)25)12-21-6-8-22(9-7-21)14-11-17-4-5-18-14/h2-5,10-11H,6-9,12H2,1H3. The first kappa shape index (κ1) is 16.0. The molecular weight excluding hydrogens is 338 g/mol. The highest BCUT2D eigenvalue weighted by Gasteiger charge is 2.20. The van der Waals surface area contributed by atoms with Gasteiger partial charge in [-0.25, -0.2) is 9.67 Å². The highest BCUT2D eigenvalue weighted by molar-refractivity contribution is 7.71. The van der Waals surface area contributed by atoms with Gasteiger partial charge in [-0.15, -0.1) is 5.10 Å². The van der Waals surface area contributed by atoms with E-state index in [4.69, 9.17) is 16.6 Å². The first-order valence-electron chi connectivity index (χ1n) is 8.13. The van der Waals surface area contributed by atoms with E-state index in [1.807, 2.05) is 28.4 Å². The molecule has 130 valence electrons. The van der Waals surface area contributed by atoms with Crippen LogP contribution in [0.2, 0.25) is 0 Å². The molecule has 4 heterocycles. The van der Waals surface area contributed by atoms with Crippen LogP contribution < -0.4 is 4.90 Å². The highest BCUT2D eigenvalue weighted by Crippen LogP contribution is 2.18. The van der Waals surface area contributed by atoms with Crippen LogP contribution in [0.1, 0.15) is 0 Å². The lowest BCUT2D eigenvalue weighted by atomic mass is 10.3. The molecule has 1 aliphatic heterocycles. The van der Waals surface area contributed by atoms with Gasteiger partial charge in [-0.3, -0.25) is 9.88 Å². The molecule has 8 nitrogen and oxygen atoms in total. The van der Waals surface area contributed by atoms with Crippen molar-refractivity contribution in [3.63, 3.8) is 0 Å². The van der Waals surface area contributed by atoms with E-state index in [9.17, 15) is 0 Å². The molecule has 0 radical (unpaired) electrons. The number of hydrogen-bond acceptors (Lipinski definition) is 7. The summed E-state index contributed by atoms with van der Waals surface area (Å²) in [4.78, 5) is 13.1. The van der Waals surface area contributed by atoms with Crippen LogP contribution >= 0.6 is 12.2 Å². The van der Waals surface area contributed by atoms with Crippen molar-refractivity contribution >= 4 is 18.0 Å². The number of anilines is 1. The van der Waals surface area contributed by atoms with Crippen molar-refractivity contribution in [1.29, 1.82) is 0 Å². The van der Waals surface area contributed by atoms with E-state index in [2.05, 4.69) is 24.9 Å². The lowest BCUT2D eigenvalue weighted by Crippen LogP contribution is -2.47.